The van der Waals surface area contributed by atoms with E-state index in [1.165, 1.54) is 6.92 Å². The predicted molar refractivity (Wildman–Crippen MR) is 58.2 cm³/mol. The third-order valence-corrected chi connectivity index (χ3v) is 2.32. The minimum Gasteiger partial charge on any atom is -0.497 e. The Bertz CT molecular complexity index is 363. The van der Waals surface area contributed by atoms with Crippen molar-refractivity contribution in [3.8, 4) is 5.75 Å². The fraction of sp³-hybridized carbons (Fsp3) is 0.364. The fourth-order valence-corrected chi connectivity index (χ4v) is 1.60. The van der Waals surface area contributed by atoms with E-state index >= 15 is 0 Å². The van der Waals surface area contributed by atoms with Crippen molar-refractivity contribution in [1.29, 1.82) is 0 Å². The van der Waals surface area contributed by atoms with Crippen molar-refractivity contribution in [3.63, 3.8) is 0 Å². The highest BCUT2D eigenvalue weighted by atomic mass is 35.5. The predicted octanol–water partition coefficient (Wildman–Crippen LogP) is 2.97. The number of ether oxygens (including phenoxy) is 2. The third-order valence-electron chi connectivity index (χ3n) is 1.99. The van der Waals surface area contributed by atoms with Crippen LogP contribution in [-0.2, 0) is 9.53 Å². The van der Waals surface area contributed by atoms with Crippen LogP contribution in [0.4, 0.5) is 0 Å². The Balaban J connectivity index is 2.90. The molecule has 0 amide bonds. The van der Waals surface area contributed by atoms with Gasteiger partial charge < -0.3 is 9.47 Å². The van der Waals surface area contributed by atoms with Crippen LogP contribution in [0.2, 0.25) is 5.02 Å². The Hall–Kier alpha value is -1.22. The molecule has 0 aliphatic carbocycles. The molecular weight excluding hydrogens is 216 g/mol. The van der Waals surface area contributed by atoms with Crippen molar-refractivity contribution >= 4 is 17.6 Å². The first-order valence-electron chi connectivity index (χ1n) is 4.55. The van der Waals surface area contributed by atoms with Gasteiger partial charge in [-0.1, -0.05) is 17.7 Å². The van der Waals surface area contributed by atoms with E-state index in [2.05, 4.69) is 0 Å². The number of carbonyl (C=O) groups is 1. The summed E-state index contributed by atoms with van der Waals surface area (Å²) in [5.41, 5.74) is 0.771. The zero-order valence-corrected chi connectivity index (χ0v) is 9.67. The quantitative estimate of drug-likeness (QED) is 0.747. The van der Waals surface area contributed by atoms with E-state index in [4.69, 9.17) is 21.1 Å². The van der Waals surface area contributed by atoms with E-state index in [0.29, 0.717) is 10.8 Å². The smallest absolute Gasteiger partial charge is 0.303 e. The Morgan fingerprint density at radius 2 is 2.13 bits per heavy atom. The van der Waals surface area contributed by atoms with E-state index in [-0.39, 0.29) is 12.1 Å². The molecule has 0 radical (unpaired) electrons. The molecule has 4 heteroatoms. The zero-order chi connectivity index (χ0) is 11.4. The lowest BCUT2D eigenvalue weighted by Gasteiger charge is -2.14. The van der Waals surface area contributed by atoms with Gasteiger partial charge in [0.25, 0.3) is 0 Å². The maximum absolute atomic E-state index is 10.8. The topological polar surface area (TPSA) is 35.5 Å². The molecule has 0 saturated carbocycles. The largest absolute Gasteiger partial charge is 0.497 e. The summed E-state index contributed by atoms with van der Waals surface area (Å²) in [6.45, 7) is 3.14. The van der Waals surface area contributed by atoms with Crippen LogP contribution in [0, 0.1) is 0 Å². The van der Waals surface area contributed by atoms with Crippen molar-refractivity contribution in [3.05, 3.63) is 28.8 Å². The summed E-state index contributed by atoms with van der Waals surface area (Å²) in [6.07, 6.45) is -0.346. The van der Waals surface area contributed by atoms with Gasteiger partial charge in [-0.25, -0.2) is 0 Å². The molecule has 0 aromatic heterocycles. The van der Waals surface area contributed by atoms with Gasteiger partial charge in [-0.15, -0.1) is 0 Å². The van der Waals surface area contributed by atoms with Gasteiger partial charge >= 0.3 is 5.97 Å². The molecule has 0 aliphatic rings. The molecule has 0 saturated heterocycles. The first kappa shape index (κ1) is 11.9. The maximum atomic E-state index is 10.8. The van der Waals surface area contributed by atoms with Gasteiger partial charge in [-0.3, -0.25) is 4.79 Å². The van der Waals surface area contributed by atoms with Crippen LogP contribution in [0.25, 0.3) is 0 Å². The molecule has 0 fully saturated rings. The second-order valence-corrected chi connectivity index (χ2v) is 3.55. The van der Waals surface area contributed by atoms with Gasteiger partial charge in [0.05, 0.1) is 12.1 Å². The SMILES string of the molecule is COc1ccc(C(C)OC(C)=O)c(Cl)c1. The van der Waals surface area contributed by atoms with Crippen molar-refractivity contribution < 1.29 is 14.3 Å². The standard InChI is InChI=1S/C11H13ClO3/c1-7(15-8(2)13)10-5-4-9(14-3)6-11(10)12/h4-7H,1-3H3. The van der Waals surface area contributed by atoms with Crippen LogP contribution in [0.5, 0.6) is 5.75 Å². The lowest BCUT2D eigenvalue weighted by Crippen LogP contribution is -2.05. The van der Waals surface area contributed by atoms with Gasteiger partial charge in [0.2, 0.25) is 0 Å². The van der Waals surface area contributed by atoms with Gasteiger partial charge in [0.1, 0.15) is 11.9 Å². The molecule has 0 aliphatic heterocycles. The monoisotopic (exact) mass is 228 g/mol. The van der Waals surface area contributed by atoms with E-state index in [1.807, 2.05) is 0 Å². The summed E-state index contributed by atoms with van der Waals surface area (Å²) in [5.74, 6) is 0.355. The molecule has 0 N–H and O–H groups in total. The lowest BCUT2D eigenvalue weighted by molar-refractivity contribution is -0.145. The summed E-state index contributed by atoms with van der Waals surface area (Å²) in [7, 11) is 1.57. The highest BCUT2D eigenvalue weighted by Gasteiger charge is 2.12. The van der Waals surface area contributed by atoms with E-state index < -0.39 is 0 Å². The minimum absolute atomic E-state index is 0.325. The molecule has 3 nitrogen and oxygen atoms in total. The van der Waals surface area contributed by atoms with E-state index in [1.54, 1.807) is 32.2 Å². The van der Waals surface area contributed by atoms with Gasteiger partial charge in [-0.2, -0.15) is 0 Å². The van der Waals surface area contributed by atoms with Crippen LogP contribution in [0.3, 0.4) is 0 Å². The van der Waals surface area contributed by atoms with Gasteiger partial charge in [0.15, 0.2) is 0 Å². The summed E-state index contributed by atoms with van der Waals surface area (Å²) in [6, 6.07) is 5.26. The number of carbonyl (C=O) groups excluding carboxylic acids is 1. The fourth-order valence-electron chi connectivity index (χ4n) is 1.28. The first-order chi connectivity index (χ1) is 7.04. The average Bonchev–Trinajstić information content (AvgIpc) is 2.16. The number of hydrogen-bond acceptors (Lipinski definition) is 3. The lowest BCUT2D eigenvalue weighted by atomic mass is 10.1. The van der Waals surface area contributed by atoms with Gasteiger partial charge in [-0.05, 0) is 19.1 Å². The Kier molecular flexibility index (Phi) is 3.97. The zero-order valence-electron chi connectivity index (χ0n) is 8.91. The van der Waals surface area contributed by atoms with Gasteiger partial charge in [0, 0.05) is 12.5 Å². The number of rotatable bonds is 3. The Labute approximate surface area is 93.9 Å². The molecule has 1 aromatic rings. The normalized spacial score (nSPS) is 12.0. The molecule has 0 bridgehead atoms. The van der Waals surface area contributed by atoms with Crippen LogP contribution in [-0.4, -0.2) is 13.1 Å². The van der Waals surface area contributed by atoms with Crippen molar-refractivity contribution in [2.24, 2.45) is 0 Å². The molecule has 1 aromatic carbocycles. The summed E-state index contributed by atoms with van der Waals surface area (Å²) >= 11 is 6.02. The molecule has 1 unspecified atom stereocenters. The first-order valence-corrected chi connectivity index (χ1v) is 4.93. The average molecular weight is 229 g/mol. The highest BCUT2D eigenvalue weighted by molar-refractivity contribution is 6.31. The maximum Gasteiger partial charge on any atom is 0.303 e. The highest BCUT2D eigenvalue weighted by Crippen LogP contribution is 2.28. The number of hydrogen-bond donors (Lipinski definition) is 0. The Morgan fingerprint density at radius 3 is 2.60 bits per heavy atom. The summed E-state index contributed by atoms with van der Waals surface area (Å²) in [5, 5.41) is 0.531. The summed E-state index contributed by atoms with van der Waals surface area (Å²) < 4.78 is 10.0. The van der Waals surface area contributed by atoms with Crippen LogP contribution in [0.15, 0.2) is 18.2 Å². The Morgan fingerprint density at radius 1 is 1.47 bits per heavy atom. The van der Waals surface area contributed by atoms with Crippen molar-refractivity contribution in [1.82, 2.24) is 0 Å². The summed E-state index contributed by atoms with van der Waals surface area (Å²) in [4.78, 5) is 10.8. The molecular formula is C11H13ClO3. The van der Waals surface area contributed by atoms with Crippen molar-refractivity contribution in [2.75, 3.05) is 7.11 Å². The second-order valence-electron chi connectivity index (χ2n) is 3.14. The van der Waals surface area contributed by atoms with Crippen molar-refractivity contribution in [2.45, 2.75) is 20.0 Å². The number of benzene rings is 1. The minimum atomic E-state index is -0.346. The second kappa shape index (κ2) is 5.03. The number of halogens is 1. The van der Waals surface area contributed by atoms with E-state index in [9.17, 15) is 4.79 Å². The molecule has 0 spiro atoms. The number of methoxy groups -OCH3 is 1. The van der Waals surface area contributed by atoms with Crippen LogP contribution < -0.4 is 4.74 Å². The molecule has 82 valence electrons. The third kappa shape index (κ3) is 3.13. The van der Waals surface area contributed by atoms with Crippen LogP contribution >= 0.6 is 11.6 Å². The molecule has 1 atom stereocenters. The number of esters is 1. The van der Waals surface area contributed by atoms with Crippen LogP contribution in [0.1, 0.15) is 25.5 Å². The van der Waals surface area contributed by atoms with E-state index in [0.717, 1.165) is 5.56 Å². The molecule has 0 heterocycles. The molecule has 1 rings (SSSR count). The molecule has 15 heavy (non-hydrogen) atoms.